The van der Waals surface area contributed by atoms with E-state index in [9.17, 15) is 31.1 Å². The van der Waals surface area contributed by atoms with Gasteiger partial charge in [0.1, 0.15) is 11.5 Å². The topological polar surface area (TPSA) is 47.6 Å². The summed E-state index contributed by atoms with van der Waals surface area (Å²) in [4.78, 5) is 13.0. The minimum atomic E-state index is -4.98. The molecule has 0 aliphatic carbocycles. The van der Waals surface area contributed by atoms with Crippen molar-refractivity contribution in [3.63, 3.8) is 0 Å². The maximum Gasteiger partial charge on any atom is 0.416 e. The van der Waals surface area contributed by atoms with Crippen molar-refractivity contribution in [2.75, 3.05) is 13.2 Å². The monoisotopic (exact) mass is 543 g/mol. The van der Waals surface area contributed by atoms with Gasteiger partial charge in [0.2, 0.25) is 0 Å². The maximum atomic E-state index is 13.2. The number of halogens is 6. The number of carbonyl (C=O) groups excluding carboxylic acids is 1. The van der Waals surface area contributed by atoms with E-state index in [0.717, 1.165) is 32.1 Å². The Hall–Kier alpha value is -3.43. The highest BCUT2D eigenvalue weighted by atomic mass is 19.4. The molecule has 2 aromatic carbocycles. The first-order valence-electron chi connectivity index (χ1n) is 12.1. The number of rotatable bonds is 15. The van der Waals surface area contributed by atoms with Gasteiger partial charge < -0.3 is 14.8 Å². The van der Waals surface area contributed by atoms with Crippen LogP contribution < -0.4 is 14.8 Å². The van der Waals surface area contributed by atoms with E-state index in [1.165, 1.54) is 6.07 Å². The molecule has 0 saturated carbocycles. The quantitative estimate of drug-likeness (QED) is 0.140. The van der Waals surface area contributed by atoms with Gasteiger partial charge in [-0.2, -0.15) is 26.3 Å². The number of hydrogen-bond acceptors (Lipinski definition) is 3. The van der Waals surface area contributed by atoms with Gasteiger partial charge in [-0.05, 0) is 80.5 Å². The van der Waals surface area contributed by atoms with Crippen LogP contribution in [0.2, 0.25) is 0 Å². The molecule has 0 radical (unpaired) electrons. The highest BCUT2D eigenvalue weighted by Gasteiger charge is 2.36. The smallest absolute Gasteiger partial charge is 0.416 e. The fourth-order valence-electron chi connectivity index (χ4n) is 3.45. The lowest BCUT2D eigenvalue weighted by atomic mass is 10.0. The highest BCUT2D eigenvalue weighted by molar-refractivity contribution is 5.97. The van der Waals surface area contributed by atoms with Crippen LogP contribution in [0.3, 0.4) is 0 Å². The summed E-state index contributed by atoms with van der Waals surface area (Å²) in [5, 5.41) is 2.40. The maximum absolute atomic E-state index is 13.2. The van der Waals surface area contributed by atoms with Crippen LogP contribution in [0.4, 0.5) is 26.3 Å². The Balaban J connectivity index is 2.22. The van der Waals surface area contributed by atoms with Crippen molar-refractivity contribution < 1.29 is 40.6 Å². The summed E-state index contributed by atoms with van der Waals surface area (Å²) in [6.07, 6.45) is -1.61. The summed E-state index contributed by atoms with van der Waals surface area (Å²) >= 11 is 0. The number of alkyl halides is 6. The van der Waals surface area contributed by atoms with Crippen LogP contribution in [-0.4, -0.2) is 19.1 Å². The van der Waals surface area contributed by atoms with E-state index in [0.29, 0.717) is 37.5 Å². The average Bonchev–Trinajstić information content (AvgIpc) is 2.86. The molecule has 0 atom stereocenters. The predicted octanol–water partition coefficient (Wildman–Crippen LogP) is 8.12. The van der Waals surface area contributed by atoms with E-state index < -0.39 is 35.9 Å². The van der Waals surface area contributed by atoms with Crippen LogP contribution in [0, 0.1) is 0 Å². The summed E-state index contributed by atoms with van der Waals surface area (Å²) in [7, 11) is 0. The Morgan fingerprint density at radius 1 is 0.789 bits per heavy atom. The van der Waals surface area contributed by atoms with Crippen LogP contribution in [-0.2, 0) is 18.9 Å². The largest absolute Gasteiger partial charge is 0.494 e. The second-order valence-corrected chi connectivity index (χ2v) is 8.52. The summed E-state index contributed by atoms with van der Waals surface area (Å²) < 4.78 is 90.4. The minimum Gasteiger partial charge on any atom is -0.494 e. The number of amides is 1. The zero-order valence-corrected chi connectivity index (χ0v) is 20.9. The Morgan fingerprint density at radius 3 is 1.87 bits per heavy atom. The Morgan fingerprint density at radius 2 is 1.34 bits per heavy atom. The second kappa shape index (κ2) is 14.5. The molecule has 208 valence electrons. The summed E-state index contributed by atoms with van der Waals surface area (Å²) in [6, 6.07) is 5.82. The molecule has 0 aliphatic heterocycles. The molecule has 1 amide bonds. The fourth-order valence-corrected chi connectivity index (χ4v) is 3.45. The van der Waals surface area contributed by atoms with Gasteiger partial charge in [0.15, 0.2) is 0 Å². The van der Waals surface area contributed by atoms with Crippen LogP contribution >= 0.6 is 0 Å². The third kappa shape index (κ3) is 10.1. The van der Waals surface area contributed by atoms with Crippen LogP contribution in [0.25, 0.3) is 0 Å². The number of carbonyl (C=O) groups is 1. The van der Waals surface area contributed by atoms with Gasteiger partial charge in [-0.25, -0.2) is 0 Å². The van der Waals surface area contributed by atoms with E-state index in [1.54, 1.807) is 24.3 Å². The van der Waals surface area contributed by atoms with Crippen molar-refractivity contribution in [2.24, 2.45) is 0 Å². The summed E-state index contributed by atoms with van der Waals surface area (Å²) in [6.45, 7) is 7.44. The second-order valence-electron chi connectivity index (χ2n) is 8.52. The van der Waals surface area contributed by atoms with Crippen molar-refractivity contribution in [3.8, 4) is 11.5 Å². The number of hydrogen-bond donors (Lipinski definition) is 1. The van der Waals surface area contributed by atoms with Crippen molar-refractivity contribution in [1.29, 1.82) is 0 Å². The predicted molar refractivity (Wildman–Crippen MR) is 133 cm³/mol. The van der Waals surface area contributed by atoms with Gasteiger partial charge in [-0.3, -0.25) is 4.79 Å². The number of nitrogens with one attached hydrogen (secondary N) is 1. The first-order chi connectivity index (χ1) is 18.0. The Kier molecular flexibility index (Phi) is 11.7. The molecule has 2 rings (SSSR count). The molecule has 0 heterocycles. The molecule has 1 N–H and O–H groups in total. The molecule has 0 bridgehead atoms. The molecule has 0 fully saturated rings. The van der Waals surface area contributed by atoms with Crippen LogP contribution in [0.5, 0.6) is 11.5 Å². The molecule has 2 aromatic rings. The zero-order valence-electron chi connectivity index (χ0n) is 20.9. The lowest BCUT2D eigenvalue weighted by molar-refractivity contribution is -0.143. The summed E-state index contributed by atoms with van der Waals surface area (Å²) in [5.41, 5.74) is -3.19. The van der Waals surface area contributed by atoms with Crippen molar-refractivity contribution in [1.82, 2.24) is 5.32 Å². The van der Waals surface area contributed by atoms with Gasteiger partial charge in [0.25, 0.3) is 5.91 Å². The highest BCUT2D eigenvalue weighted by Crippen LogP contribution is 2.36. The van der Waals surface area contributed by atoms with Gasteiger partial charge in [-0.15, -0.1) is 13.2 Å². The Labute approximate surface area is 218 Å². The van der Waals surface area contributed by atoms with Crippen molar-refractivity contribution in [3.05, 3.63) is 84.0 Å². The molecule has 0 unspecified atom stereocenters. The fraction of sp³-hybridized carbons (Fsp3) is 0.393. The van der Waals surface area contributed by atoms with E-state index in [-0.39, 0.29) is 22.9 Å². The third-order valence-corrected chi connectivity index (χ3v) is 5.43. The van der Waals surface area contributed by atoms with Crippen molar-refractivity contribution in [2.45, 2.75) is 57.4 Å². The first kappa shape index (κ1) is 30.8. The molecule has 0 spiro atoms. The third-order valence-electron chi connectivity index (χ3n) is 5.43. The molecule has 10 heteroatoms. The van der Waals surface area contributed by atoms with E-state index in [2.05, 4.69) is 18.5 Å². The first-order valence-corrected chi connectivity index (χ1v) is 12.1. The lowest BCUT2D eigenvalue weighted by Gasteiger charge is -2.16. The number of benzene rings is 2. The molecule has 4 nitrogen and oxygen atoms in total. The van der Waals surface area contributed by atoms with E-state index >= 15 is 0 Å². The lowest BCUT2D eigenvalue weighted by Crippen LogP contribution is -2.24. The number of allylic oxidation sites excluding steroid dienone is 2. The normalized spacial score (nSPS) is 11.6. The Bertz CT molecular complexity index is 1050. The molecular formula is C28H31F6NO3. The van der Waals surface area contributed by atoms with Gasteiger partial charge in [0.05, 0.1) is 29.9 Å². The molecular weight excluding hydrogens is 512 g/mol. The molecule has 0 saturated heterocycles. The number of unbranched alkanes of at least 4 members (excludes halogenated alkanes) is 4. The van der Waals surface area contributed by atoms with Crippen molar-refractivity contribution >= 4 is 5.91 Å². The molecule has 38 heavy (non-hydrogen) atoms. The standard InChI is InChI=1S/C28H31F6NO3/c1-3-5-7-9-13-37-23-11-12-25(38-14-10-8-6-4-2)24(18-23)26(36)35-19-20-15-21(27(29,30)31)17-22(16-20)28(32,33)34/h3-4,11-12,15-18H,1-2,5-10,13-14,19H2,(H,35,36). The molecule has 0 aromatic heterocycles. The van der Waals surface area contributed by atoms with E-state index in [4.69, 9.17) is 9.47 Å². The van der Waals surface area contributed by atoms with Crippen LogP contribution in [0.15, 0.2) is 61.7 Å². The minimum absolute atomic E-state index is 0.0412. The van der Waals surface area contributed by atoms with E-state index in [1.807, 2.05) is 0 Å². The van der Waals surface area contributed by atoms with Gasteiger partial charge >= 0.3 is 12.4 Å². The number of ether oxygens (including phenoxy) is 2. The zero-order chi connectivity index (χ0) is 28.2. The van der Waals surface area contributed by atoms with Gasteiger partial charge in [-0.1, -0.05) is 12.2 Å². The van der Waals surface area contributed by atoms with Crippen LogP contribution in [0.1, 0.15) is 65.6 Å². The SMILES string of the molecule is C=CCCCCOc1ccc(OCCCCC=C)c(C(=O)NCc2cc(C(F)(F)F)cc(C(F)(F)F)c2)c1. The van der Waals surface area contributed by atoms with Gasteiger partial charge in [0, 0.05) is 6.54 Å². The molecule has 0 aliphatic rings. The average molecular weight is 544 g/mol. The summed E-state index contributed by atoms with van der Waals surface area (Å²) in [5.74, 6) is -0.125.